The van der Waals surface area contributed by atoms with Crippen LogP contribution in [0.3, 0.4) is 0 Å². The van der Waals surface area contributed by atoms with Gasteiger partial charge in [0.15, 0.2) is 0 Å². The maximum atomic E-state index is 13.1. The summed E-state index contributed by atoms with van der Waals surface area (Å²) < 4.78 is 51.6. The number of piperazine rings is 1. The van der Waals surface area contributed by atoms with Crippen molar-refractivity contribution in [2.24, 2.45) is 62.1 Å². The largest absolute Gasteiger partial charge is 0.395 e. The van der Waals surface area contributed by atoms with Gasteiger partial charge in [0, 0.05) is 89.7 Å². The predicted molar refractivity (Wildman–Crippen MR) is 587 cm³/mol. The topological polar surface area (TPSA) is 96.7 Å². The molecule has 0 radical (unpaired) electrons. The van der Waals surface area contributed by atoms with Gasteiger partial charge in [-0.15, -0.1) is 0 Å². The van der Waals surface area contributed by atoms with Crippen LogP contribution in [0.4, 0.5) is 17.6 Å². The summed E-state index contributed by atoms with van der Waals surface area (Å²) in [5.41, 5.74) is 14.9. The molecule has 15 heteroatoms. The van der Waals surface area contributed by atoms with Gasteiger partial charge in [-0.05, 0) is 349 Å². The number of rotatable bonds is 9. The lowest BCUT2D eigenvalue weighted by Crippen LogP contribution is -2.46. The van der Waals surface area contributed by atoms with Crippen LogP contribution in [0.15, 0.2) is 91.3 Å². The quantitative estimate of drug-likeness (QED) is 0.144. The lowest BCUT2D eigenvalue weighted by molar-refractivity contribution is -0.130. The highest BCUT2D eigenvalue weighted by atomic mass is 19.1. The Morgan fingerprint density at radius 3 is 1.02 bits per heavy atom. The van der Waals surface area contributed by atoms with Gasteiger partial charge >= 0.3 is 0 Å². The molecule has 5 aromatic rings. The number of hydrogen-bond acceptors (Lipinski definition) is 10. The molecule has 6 saturated heterocycles. The average molecular weight is 1910 g/mol. The first kappa shape index (κ1) is 129. The molecule has 0 atom stereocenters. The number of likely N-dealkylation sites (tertiary alicyclic amines) is 5. The Morgan fingerprint density at radius 1 is 0.394 bits per heavy atom. The molecule has 11 nitrogen and oxygen atoms in total. The van der Waals surface area contributed by atoms with Crippen LogP contribution in [0.1, 0.15) is 388 Å². The van der Waals surface area contributed by atoms with E-state index in [1.54, 1.807) is 27.7 Å². The molecule has 4 aromatic carbocycles. The SMILES string of the molecule is CC(=O)N1CCC(C(C)(C)C)CC1.CC(C)(C)C1CCN(CCC#N)CC1.CC(C)(C)C1CCN(CCO)CC1.CC(C)(C)c1c(F)cccc1F.CC(C)(C)c1cc(F)cc(F)c1.CCCN1CCC(C(C)(C)C)CC1.CCN1CCN(CCC(C)(C)C)CC1.CN1CCC(C(C)(C)C)CC1.Cc1cc(C)cc(C(C)(C)C)c1.Cc1cccc(C)c1C(C)(C)C.Cc1ccncc1C(C)(C)C. The van der Waals surface area contributed by atoms with E-state index in [0.717, 1.165) is 61.8 Å². The lowest BCUT2D eigenvalue weighted by atomic mass is 9.75. The van der Waals surface area contributed by atoms with Crippen molar-refractivity contribution in [3.05, 3.63) is 170 Å². The number of amides is 1. The number of hydrogen-bond donors (Lipinski definition) is 1. The van der Waals surface area contributed by atoms with E-state index in [4.69, 9.17) is 10.4 Å². The molecule has 1 N–H and O–H groups in total. The summed E-state index contributed by atoms with van der Waals surface area (Å²) in [6.07, 6.45) is 20.2. The molecule has 786 valence electrons. The second kappa shape index (κ2) is 59.6. The number of nitrogens with zero attached hydrogens (tertiary/aromatic N) is 9. The molecule has 137 heavy (non-hydrogen) atoms. The third kappa shape index (κ3) is 54.1. The summed E-state index contributed by atoms with van der Waals surface area (Å²) in [6, 6.07) is 25.1. The van der Waals surface area contributed by atoms with Crippen molar-refractivity contribution >= 4 is 5.91 Å². The zero-order valence-electron chi connectivity index (χ0n) is 96.8. The van der Waals surface area contributed by atoms with Gasteiger partial charge in [-0.3, -0.25) is 9.78 Å². The Bertz CT molecular complexity index is 3910. The van der Waals surface area contributed by atoms with E-state index >= 15 is 0 Å². The lowest BCUT2D eigenvalue weighted by Gasteiger charge is -2.38. The number of carbonyl (C=O) groups is 1. The highest BCUT2D eigenvalue weighted by Crippen LogP contribution is 2.40. The number of aliphatic hydroxyl groups is 1. The fourth-order valence-corrected chi connectivity index (χ4v) is 19.3. The van der Waals surface area contributed by atoms with Crippen molar-refractivity contribution in [3.63, 3.8) is 0 Å². The van der Waals surface area contributed by atoms with Crippen molar-refractivity contribution in [1.82, 2.24) is 39.3 Å². The molecule has 6 aliphatic heterocycles. The number of piperidine rings is 5. The zero-order chi connectivity index (χ0) is 105. The van der Waals surface area contributed by atoms with E-state index in [2.05, 4.69) is 325 Å². The van der Waals surface area contributed by atoms with E-state index in [9.17, 15) is 22.4 Å². The van der Waals surface area contributed by atoms with Crippen LogP contribution in [-0.4, -0.2) is 188 Å². The molecular weight excluding hydrogens is 1700 g/mol. The highest BCUT2D eigenvalue weighted by Gasteiger charge is 2.34. The average Bonchev–Trinajstić information content (AvgIpc) is 0.815. The second-order valence-corrected chi connectivity index (χ2v) is 52.6. The molecule has 0 aliphatic carbocycles. The van der Waals surface area contributed by atoms with Gasteiger partial charge in [0.1, 0.15) is 23.3 Å². The number of nitriles is 1. The van der Waals surface area contributed by atoms with Crippen LogP contribution in [0.25, 0.3) is 0 Å². The van der Waals surface area contributed by atoms with Crippen LogP contribution < -0.4 is 0 Å². The number of pyridine rings is 1. The van der Waals surface area contributed by atoms with E-state index in [1.165, 1.54) is 250 Å². The fourth-order valence-electron chi connectivity index (χ4n) is 19.3. The summed E-state index contributed by atoms with van der Waals surface area (Å²) in [5.74, 6) is 2.66. The first-order valence-corrected chi connectivity index (χ1v) is 53.2. The van der Waals surface area contributed by atoms with Gasteiger partial charge in [-0.25, -0.2) is 17.6 Å². The third-order valence-corrected chi connectivity index (χ3v) is 28.7. The molecule has 6 aliphatic rings. The molecule has 0 saturated carbocycles. The zero-order valence-corrected chi connectivity index (χ0v) is 96.8. The Hall–Kier alpha value is -5.57. The first-order valence-electron chi connectivity index (χ1n) is 53.2. The summed E-state index contributed by atoms with van der Waals surface area (Å²) >= 11 is 0. The molecule has 0 bridgehead atoms. The molecule has 0 unspecified atom stereocenters. The highest BCUT2D eigenvalue weighted by molar-refractivity contribution is 5.73. The minimum absolute atomic E-state index is 0.157. The van der Waals surface area contributed by atoms with Crippen LogP contribution in [0.5, 0.6) is 0 Å². The van der Waals surface area contributed by atoms with E-state index in [1.807, 2.05) is 38.1 Å². The third-order valence-electron chi connectivity index (χ3n) is 28.7. The van der Waals surface area contributed by atoms with Crippen molar-refractivity contribution in [2.75, 3.05) is 138 Å². The Balaban J connectivity index is 0.000000754. The number of aromatic nitrogens is 1. The number of aryl methyl sites for hydroxylation is 5. The summed E-state index contributed by atoms with van der Waals surface area (Å²) in [7, 11) is 2.22. The number of carbonyl (C=O) groups excluding carboxylic acids is 1. The van der Waals surface area contributed by atoms with E-state index < -0.39 is 28.7 Å². The maximum absolute atomic E-state index is 13.1. The number of halogens is 4. The minimum Gasteiger partial charge on any atom is -0.395 e. The Kier molecular flexibility index (Phi) is 56.3. The van der Waals surface area contributed by atoms with Crippen molar-refractivity contribution in [3.8, 4) is 6.07 Å². The molecular formula is C122H213F4N9O2. The van der Waals surface area contributed by atoms with Crippen LogP contribution >= 0.6 is 0 Å². The molecule has 7 heterocycles. The van der Waals surface area contributed by atoms with Gasteiger partial charge in [0.05, 0.1) is 12.7 Å². The minimum atomic E-state index is -0.514. The maximum Gasteiger partial charge on any atom is 0.219 e. The van der Waals surface area contributed by atoms with Gasteiger partial charge in [-0.2, -0.15) is 5.26 Å². The Labute approximate surface area is 843 Å². The van der Waals surface area contributed by atoms with Crippen LogP contribution in [-0.2, 0) is 31.9 Å². The Morgan fingerprint density at radius 2 is 0.730 bits per heavy atom. The van der Waals surface area contributed by atoms with Gasteiger partial charge in [0.25, 0.3) is 0 Å². The fraction of sp³-hybridized carbons (Fsp3) is 0.746. The normalized spacial score (nSPS) is 17.4. The standard InChI is InChI=1S/C12H22N2.C12H26N2.C12H25N.2C12H18.C11H21NO.C11H23NO.2C10H12F2.C10H21N.C10H15N/c1-12(2,3)11-5-9-14(10-6-11)8-4-7-13;1-5-13-8-10-14(11-9-13)7-6-12(2,3)4;1-5-8-13-9-6-11(7-10-13)12(2,3)4;1-9-6-10(2)8-11(7-9)12(3,4)5;1-9-7-6-8-10(2)11(9)12(3,4)5;1-9(13)12-7-5-10(6-8-12)11(2,3)4;1-11(2,3)10-4-6-12(7-5-10)8-9-13;1-10(2,3)7-4-8(11)6-9(12)5-7;1-10(2,3)9-7(11)5-4-6-8(9)12;1-10(2,3)9-5-7-11(4)8-6-9;1-8-5-6-11-7-9(8)10(2,3)4/h11H,4-6,8-10H2,1-3H3;5-11H2,1-4H3;11H,5-10H2,1-4H3;2*6-8H,1-5H3;10H,5-8H2,1-4H3;10,13H,4-9H2,1-3H3;2*4-6H,1-3H3;9H,5-8H2,1-4H3;5-7H,1-4H3. The predicted octanol–water partition coefficient (Wildman–Crippen LogP) is 30.7. The molecule has 6 fully saturated rings. The van der Waals surface area contributed by atoms with Crippen LogP contribution in [0.2, 0.25) is 0 Å². The van der Waals surface area contributed by atoms with Crippen molar-refractivity contribution in [2.45, 2.75) is 394 Å². The summed E-state index contributed by atoms with van der Waals surface area (Å²) in [4.78, 5) is 32.1. The molecule has 0 spiro atoms. The molecule has 11 rings (SSSR count). The molecule has 1 aromatic heterocycles. The van der Waals surface area contributed by atoms with Crippen LogP contribution in [0, 0.1) is 131 Å². The van der Waals surface area contributed by atoms with E-state index in [-0.39, 0.29) is 33.1 Å². The van der Waals surface area contributed by atoms with Gasteiger partial charge in [-0.1, -0.05) is 296 Å². The summed E-state index contributed by atoms with van der Waals surface area (Å²) in [6.45, 7) is 113. The number of benzene rings is 4. The monoisotopic (exact) mass is 1910 g/mol. The van der Waals surface area contributed by atoms with Gasteiger partial charge in [0.2, 0.25) is 5.91 Å². The number of likely N-dealkylation sites (N-methyl/N-ethyl adjacent to an activating group) is 1. The first-order chi connectivity index (χ1) is 62.7. The van der Waals surface area contributed by atoms with Crippen molar-refractivity contribution < 1.29 is 27.5 Å². The second-order valence-electron chi connectivity index (χ2n) is 52.6. The van der Waals surface area contributed by atoms with E-state index in [0.29, 0.717) is 51.1 Å². The van der Waals surface area contributed by atoms with Crippen molar-refractivity contribution in [1.29, 1.82) is 5.26 Å². The number of β-amino-alcohol motifs (C(OH)–C–C–N with tert-alkyl or cyclic N) is 1. The molecule has 1 amide bonds. The summed E-state index contributed by atoms with van der Waals surface area (Å²) in [5, 5.41) is 17.3. The number of aliphatic hydroxyl groups excluding tert-OH is 1. The smallest absolute Gasteiger partial charge is 0.219 e. The van der Waals surface area contributed by atoms with Gasteiger partial charge < -0.3 is 39.4 Å².